The fourth-order valence-electron chi connectivity index (χ4n) is 2.71. The summed E-state index contributed by atoms with van der Waals surface area (Å²) in [6, 6.07) is 19.7. The molecule has 0 amide bonds. The molecule has 126 valence electrons. The first-order chi connectivity index (χ1) is 12.7. The van der Waals surface area contributed by atoms with E-state index in [1.54, 1.807) is 12.3 Å². The minimum absolute atomic E-state index is 0.591. The summed E-state index contributed by atoms with van der Waals surface area (Å²) in [5.74, 6) is 0.640. The molecule has 0 atom stereocenters. The molecular formula is C20H15N5S. The summed E-state index contributed by atoms with van der Waals surface area (Å²) in [4.78, 5) is 10.6. The van der Waals surface area contributed by atoms with Crippen molar-refractivity contribution in [1.82, 2.24) is 9.97 Å². The molecule has 0 aliphatic heterocycles. The largest absolute Gasteiger partial charge is 0.396 e. The van der Waals surface area contributed by atoms with Gasteiger partial charge in [0.05, 0.1) is 21.8 Å². The van der Waals surface area contributed by atoms with Gasteiger partial charge in [-0.1, -0.05) is 12.1 Å². The predicted octanol–water partition coefficient (Wildman–Crippen LogP) is 4.42. The first kappa shape index (κ1) is 16.1. The summed E-state index contributed by atoms with van der Waals surface area (Å²) in [5.41, 5.74) is 9.56. The van der Waals surface area contributed by atoms with Crippen molar-refractivity contribution >= 4 is 33.7 Å². The van der Waals surface area contributed by atoms with Crippen molar-refractivity contribution in [1.29, 1.82) is 5.26 Å². The first-order valence-electron chi connectivity index (χ1n) is 8.07. The molecule has 6 heteroatoms. The summed E-state index contributed by atoms with van der Waals surface area (Å²) in [6.07, 6.45) is 1.79. The Morgan fingerprint density at radius 2 is 2.04 bits per heavy atom. The molecule has 0 saturated carbocycles. The molecule has 5 nitrogen and oxygen atoms in total. The van der Waals surface area contributed by atoms with Crippen molar-refractivity contribution < 1.29 is 0 Å². The Labute approximate surface area is 154 Å². The lowest BCUT2D eigenvalue weighted by atomic mass is 10.1. The van der Waals surface area contributed by atoms with Crippen molar-refractivity contribution in [2.75, 3.05) is 11.1 Å². The van der Waals surface area contributed by atoms with Crippen molar-refractivity contribution in [3.05, 3.63) is 71.2 Å². The number of fused-ring (bicyclic) bond motifs is 1. The van der Waals surface area contributed by atoms with E-state index >= 15 is 0 Å². The highest BCUT2D eigenvalue weighted by atomic mass is 32.1. The van der Waals surface area contributed by atoms with Gasteiger partial charge in [-0.15, -0.1) is 11.3 Å². The lowest BCUT2D eigenvalue weighted by Crippen LogP contribution is -2.05. The number of pyridine rings is 2. The van der Waals surface area contributed by atoms with Gasteiger partial charge in [0.15, 0.2) is 0 Å². The number of nitriles is 1. The number of nitrogens with zero attached hydrogens (tertiary/aromatic N) is 3. The van der Waals surface area contributed by atoms with Crippen LogP contribution in [0.4, 0.5) is 11.5 Å². The highest BCUT2D eigenvalue weighted by molar-refractivity contribution is 7.15. The van der Waals surface area contributed by atoms with Crippen molar-refractivity contribution in [3.63, 3.8) is 0 Å². The number of thiophene rings is 1. The van der Waals surface area contributed by atoms with Crippen LogP contribution in [0.1, 0.15) is 10.4 Å². The highest BCUT2D eigenvalue weighted by Crippen LogP contribution is 2.29. The van der Waals surface area contributed by atoms with Gasteiger partial charge in [0.1, 0.15) is 16.8 Å². The van der Waals surface area contributed by atoms with Crippen LogP contribution in [-0.2, 0) is 6.54 Å². The van der Waals surface area contributed by atoms with E-state index in [2.05, 4.69) is 27.4 Å². The van der Waals surface area contributed by atoms with Crippen LogP contribution in [0, 0.1) is 11.3 Å². The van der Waals surface area contributed by atoms with Gasteiger partial charge >= 0.3 is 0 Å². The van der Waals surface area contributed by atoms with Gasteiger partial charge < -0.3 is 11.1 Å². The molecule has 0 saturated heterocycles. The number of anilines is 2. The van der Waals surface area contributed by atoms with Crippen LogP contribution < -0.4 is 11.1 Å². The summed E-state index contributed by atoms with van der Waals surface area (Å²) in [5, 5.41) is 13.4. The molecule has 26 heavy (non-hydrogen) atoms. The van der Waals surface area contributed by atoms with E-state index in [4.69, 9.17) is 11.0 Å². The van der Waals surface area contributed by atoms with Crippen molar-refractivity contribution in [2.45, 2.75) is 6.54 Å². The van der Waals surface area contributed by atoms with Gasteiger partial charge in [0.2, 0.25) is 0 Å². The van der Waals surface area contributed by atoms with Crippen LogP contribution in [0.5, 0.6) is 0 Å². The smallest absolute Gasteiger partial charge is 0.150 e. The Kier molecular flexibility index (Phi) is 4.22. The minimum Gasteiger partial charge on any atom is -0.396 e. The molecular weight excluding hydrogens is 342 g/mol. The summed E-state index contributed by atoms with van der Waals surface area (Å²) in [6.45, 7) is 0.610. The second kappa shape index (κ2) is 6.82. The lowest BCUT2D eigenvalue weighted by Gasteiger charge is -2.10. The number of nitrogen functional groups attached to an aromatic ring is 1. The van der Waals surface area contributed by atoms with E-state index in [-0.39, 0.29) is 0 Å². The zero-order valence-corrected chi connectivity index (χ0v) is 14.6. The van der Waals surface area contributed by atoms with Gasteiger partial charge in [0, 0.05) is 18.1 Å². The molecule has 4 aromatic rings. The molecule has 4 rings (SSSR count). The van der Waals surface area contributed by atoms with E-state index in [9.17, 15) is 0 Å². The SMILES string of the molecule is N#Cc1ccc(-c2ccc(N)c(NCc3ccc4ncccc4c3)n2)s1. The van der Waals surface area contributed by atoms with Crippen LogP contribution >= 0.6 is 11.3 Å². The Bertz CT molecular complexity index is 1130. The van der Waals surface area contributed by atoms with E-state index in [1.807, 2.05) is 42.5 Å². The fraction of sp³-hybridized carbons (Fsp3) is 0.0500. The predicted molar refractivity (Wildman–Crippen MR) is 106 cm³/mol. The monoisotopic (exact) mass is 357 g/mol. The molecule has 0 aliphatic carbocycles. The standard InChI is InChI=1S/C20H15N5S/c21-11-15-4-8-19(26-15)18-7-5-16(22)20(25-18)24-12-13-3-6-17-14(10-13)2-1-9-23-17/h1-10H,12,22H2,(H,24,25). The van der Waals surface area contributed by atoms with Gasteiger partial charge in [-0.3, -0.25) is 4.98 Å². The molecule has 0 fully saturated rings. The third-order valence-corrected chi connectivity index (χ3v) is 5.03. The summed E-state index contributed by atoms with van der Waals surface area (Å²) >= 11 is 1.42. The second-order valence-electron chi connectivity index (χ2n) is 5.79. The maximum atomic E-state index is 8.99. The maximum Gasteiger partial charge on any atom is 0.150 e. The van der Waals surface area contributed by atoms with Crippen LogP contribution in [-0.4, -0.2) is 9.97 Å². The third-order valence-electron chi connectivity index (χ3n) is 4.02. The van der Waals surface area contributed by atoms with E-state index in [0.717, 1.165) is 27.0 Å². The number of hydrogen-bond donors (Lipinski definition) is 2. The molecule has 0 aliphatic rings. The van der Waals surface area contributed by atoms with Crippen LogP contribution in [0.25, 0.3) is 21.5 Å². The number of nitrogens with one attached hydrogen (secondary N) is 1. The second-order valence-corrected chi connectivity index (χ2v) is 6.88. The van der Waals surface area contributed by atoms with Gasteiger partial charge in [0.25, 0.3) is 0 Å². The normalized spacial score (nSPS) is 10.6. The van der Waals surface area contributed by atoms with Gasteiger partial charge in [-0.05, 0) is 48.0 Å². The zero-order valence-electron chi connectivity index (χ0n) is 13.8. The van der Waals surface area contributed by atoms with Gasteiger partial charge in [-0.2, -0.15) is 5.26 Å². The van der Waals surface area contributed by atoms with E-state index < -0.39 is 0 Å². The average molecular weight is 357 g/mol. The average Bonchev–Trinajstić information content (AvgIpc) is 3.16. The molecule has 0 radical (unpaired) electrons. The Morgan fingerprint density at radius 1 is 1.12 bits per heavy atom. The number of nitrogens with two attached hydrogens (primary N) is 1. The Balaban J connectivity index is 1.57. The molecule has 0 unspecified atom stereocenters. The van der Waals surface area contributed by atoms with E-state index in [1.165, 1.54) is 11.3 Å². The molecule has 3 aromatic heterocycles. The highest BCUT2D eigenvalue weighted by Gasteiger charge is 2.08. The molecule has 3 N–H and O–H groups in total. The van der Waals surface area contributed by atoms with Crippen LogP contribution in [0.2, 0.25) is 0 Å². The summed E-state index contributed by atoms with van der Waals surface area (Å²) < 4.78 is 0. The number of aromatic nitrogens is 2. The lowest BCUT2D eigenvalue weighted by molar-refractivity contribution is 1.12. The Hall–Kier alpha value is -3.43. The maximum absolute atomic E-state index is 8.99. The molecule has 0 bridgehead atoms. The third kappa shape index (κ3) is 3.21. The topological polar surface area (TPSA) is 87.6 Å². The first-order valence-corrected chi connectivity index (χ1v) is 8.89. The molecule has 0 spiro atoms. The molecule has 3 heterocycles. The van der Waals surface area contributed by atoms with Crippen molar-refractivity contribution in [2.24, 2.45) is 0 Å². The minimum atomic E-state index is 0.591. The number of rotatable bonds is 4. The fourth-order valence-corrected chi connectivity index (χ4v) is 3.48. The van der Waals surface area contributed by atoms with Crippen LogP contribution in [0.3, 0.4) is 0 Å². The molecule has 1 aromatic carbocycles. The number of hydrogen-bond acceptors (Lipinski definition) is 6. The number of benzene rings is 1. The van der Waals surface area contributed by atoms with Crippen LogP contribution in [0.15, 0.2) is 60.8 Å². The summed E-state index contributed by atoms with van der Waals surface area (Å²) in [7, 11) is 0. The quantitative estimate of drug-likeness (QED) is 0.564. The van der Waals surface area contributed by atoms with Crippen molar-refractivity contribution in [3.8, 4) is 16.6 Å². The Morgan fingerprint density at radius 3 is 2.88 bits per heavy atom. The zero-order chi connectivity index (χ0) is 17.9. The van der Waals surface area contributed by atoms with E-state index in [0.29, 0.717) is 22.9 Å². The van der Waals surface area contributed by atoms with Gasteiger partial charge in [-0.25, -0.2) is 4.98 Å².